The fourth-order valence-electron chi connectivity index (χ4n) is 3.62. The molecule has 2 nitrogen and oxygen atoms in total. The van der Waals surface area contributed by atoms with Gasteiger partial charge in [-0.15, -0.1) is 12.4 Å². The van der Waals surface area contributed by atoms with Crippen molar-refractivity contribution in [2.24, 2.45) is 0 Å². The van der Waals surface area contributed by atoms with E-state index in [0.717, 1.165) is 13.0 Å². The number of aryl methyl sites for hydroxylation is 1. The molecule has 1 aliphatic carbocycles. The van der Waals surface area contributed by atoms with Gasteiger partial charge in [-0.3, -0.25) is 0 Å². The van der Waals surface area contributed by atoms with Crippen LogP contribution < -0.4 is 5.32 Å². The summed E-state index contributed by atoms with van der Waals surface area (Å²) in [7, 11) is 0. The second-order valence-electron chi connectivity index (χ2n) is 6.68. The van der Waals surface area contributed by atoms with Gasteiger partial charge < -0.3 is 10.4 Å². The molecule has 0 radical (unpaired) electrons. The van der Waals surface area contributed by atoms with Crippen molar-refractivity contribution in [1.82, 2.24) is 5.32 Å². The second-order valence-corrected chi connectivity index (χ2v) is 6.68. The summed E-state index contributed by atoms with van der Waals surface area (Å²) in [4.78, 5) is 0. The monoisotopic (exact) mass is 345 g/mol. The highest BCUT2D eigenvalue weighted by molar-refractivity contribution is 5.85. The van der Waals surface area contributed by atoms with Gasteiger partial charge in [0, 0.05) is 6.04 Å². The summed E-state index contributed by atoms with van der Waals surface area (Å²) in [6.45, 7) is 1.11. The predicted octanol–water partition coefficient (Wildman–Crippen LogP) is 5.06. The van der Waals surface area contributed by atoms with E-state index in [1.165, 1.54) is 43.2 Å². The van der Waals surface area contributed by atoms with Gasteiger partial charge in [-0.05, 0) is 74.2 Å². The Morgan fingerprint density at radius 2 is 1.54 bits per heavy atom. The third kappa shape index (κ3) is 5.54. The third-order valence-corrected chi connectivity index (χ3v) is 5.01. The Morgan fingerprint density at radius 3 is 2.21 bits per heavy atom. The molecule has 3 heteroatoms. The van der Waals surface area contributed by atoms with Gasteiger partial charge in [-0.25, -0.2) is 0 Å². The number of hydrogen-bond donors (Lipinski definition) is 2. The normalized spacial score (nSPS) is 20.3. The minimum Gasteiger partial charge on any atom is -0.508 e. The first-order valence-corrected chi connectivity index (χ1v) is 8.87. The van der Waals surface area contributed by atoms with Crippen molar-refractivity contribution < 1.29 is 5.11 Å². The van der Waals surface area contributed by atoms with Crippen LogP contribution in [0, 0.1) is 0 Å². The van der Waals surface area contributed by atoms with Crippen LogP contribution in [-0.2, 0) is 6.42 Å². The molecular weight excluding hydrogens is 318 g/mol. The van der Waals surface area contributed by atoms with Crippen molar-refractivity contribution >= 4 is 12.4 Å². The Kier molecular flexibility index (Phi) is 7.61. The van der Waals surface area contributed by atoms with Gasteiger partial charge in [0.1, 0.15) is 5.75 Å². The number of halogens is 1. The highest BCUT2D eigenvalue weighted by Crippen LogP contribution is 2.33. The van der Waals surface area contributed by atoms with E-state index in [2.05, 4.69) is 47.8 Å². The molecule has 2 aromatic rings. The van der Waals surface area contributed by atoms with Crippen LogP contribution in [0.25, 0.3) is 0 Å². The molecule has 2 N–H and O–H groups in total. The fourth-order valence-corrected chi connectivity index (χ4v) is 3.62. The maximum Gasteiger partial charge on any atom is 0.115 e. The lowest BCUT2D eigenvalue weighted by atomic mass is 9.81. The van der Waals surface area contributed by atoms with Gasteiger partial charge in [-0.1, -0.05) is 42.5 Å². The van der Waals surface area contributed by atoms with Crippen LogP contribution in [0.4, 0.5) is 0 Å². The summed E-state index contributed by atoms with van der Waals surface area (Å²) in [6, 6.07) is 19.2. The molecule has 0 bridgehead atoms. The molecule has 24 heavy (non-hydrogen) atoms. The second kappa shape index (κ2) is 9.71. The number of aromatic hydroxyl groups is 1. The van der Waals surface area contributed by atoms with Crippen LogP contribution >= 0.6 is 12.4 Å². The summed E-state index contributed by atoms with van der Waals surface area (Å²) in [5.74, 6) is 1.03. The van der Waals surface area contributed by atoms with E-state index >= 15 is 0 Å². The molecule has 1 saturated carbocycles. The van der Waals surface area contributed by atoms with Crippen molar-refractivity contribution in [3.05, 3.63) is 65.7 Å². The smallest absolute Gasteiger partial charge is 0.115 e. The lowest BCUT2D eigenvalue weighted by Crippen LogP contribution is -2.33. The minimum absolute atomic E-state index is 0. The highest BCUT2D eigenvalue weighted by atomic mass is 35.5. The maximum atomic E-state index is 9.39. The largest absolute Gasteiger partial charge is 0.508 e. The van der Waals surface area contributed by atoms with Gasteiger partial charge in [0.25, 0.3) is 0 Å². The average Bonchev–Trinajstić information content (AvgIpc) is 2.61. The summed E-state index contributed by atoms with van der Waals surface area (Å²) < 4.78 is 0. The molecular formula is C21H28ClNO. The topological polar surface area (TPSA) is 32.3 Å². The van der Waals surface area contributed by atoms with Crippen molar-refractivity contribution in [1.29, 1.82) is 0 Å². The van der Waals surface area contributed by atoms with E-state index in [9.17, 15) is 5.11 Å². The Morgan fingerprint density at radius 1 is 0.875 bits per heavy atom. The Balaban J connectivity index is 0.00000208. The highest BCUT2D eigenvalue weighted by Gasteiger charge is 2.21. The number of nitrogens with one attached hydrogen (secondary N) is 1. The van der Waals surface area contributed by atoms with Crippen LogP contribution in [-0.4, -0.2) is 17.7 Å². The number of rotatable bonds is 6. The molecule has 0 atom stereocenters. The number of phenolic OH excluding ortho intramolecular Hbond substituents is 1. The lowest BCUT2D eigenvalue weighted by molar-refractivity contribution is 0.342. The van der Waals surface area contributed by atoms with Gasteiger partial charge in [0.2, 0.25) is 0 Å². The molecule has 0 heterocycles. The average molecular weight is 346 g/mol. The lowest BCUT2D eigenvalue weighted by Gasteiger charge is -2.29. The van der Waals surface area contributed by atoms with Gasteiger partial charge in [-0.2, -0.15) is 0 Å². The first-order chi connectivity index (χ1) is 11.3. The Labute approximate surface area is 151 Å². The Bertz CT molecular complexity index is 577. The summed E-state index contributed by atoms with van der Waals surface area (Å²) >= 11 is 0. The van der Waals surface area contributed by atoms with E-state index in [4.69, 9.17) is 0 Å². The van der Waals surface area contributed by atoms with Crippen molar-refractivity contribution in [3.8, 4) is 5.75 Å². The minimum atomic E-state index is 0. The van der Waals surface area contributed by atoms with Gasteiger partial charge in [0.15, 0.2) is 0 Å². The molecule has 0 saturated heterocycles. The molecule has 0 aromatic heterocycles. The van der Waals surface area contributed by atoms with Crippen LogP contribution in [0.15, 0.2) is 54.6 Å². The van der Waals surface area contributed by atoms with Crippen LogP contribution in [0.2, 0.25) is 0 Å². The zero-order valence-corrected chi connectivity index (χ0v) is 15.0. The van der Waals surface area contributed by atoms with E-state index in [1.807, 2.05) is 12.1 Å². The van der Waals surface area contributed by atoms with E-state index in [1.54, 1.807) is 0 Å². The van der Waals surface area contributed by atoms with Gasteiger partial charge in [0.05, 0.1) is 0 Å². The molecule has 1 aliphatic rings. The zero-order chi connectivity index (χ0) is 15.9. The van der Waals surface area contributed by atoms with Crippen LogP contribution in [0.5, 0.6) is 5.75 Å². The van der Waals surface area contributed by atoms with E-state index < -0.39 is 0 Å². The molecule has 3 rings (SSSR count). The number of hydrogen-bond acceptors (Lipinski definition) is 2. The SMILES string of the molecule is Cl.Oc1ccc([C@H]2CC[C@@H](NCCCc3ccccc3)CC2)cc1. The predicted molar refractivity (Wildman–Crippen MR) is 103 cm³/mol. The fraction of sp³-hybridized carbons (Fsp3) is 0.429. The maximum absolute atomic E-state index is 9.39. The van der Waals surface area contributed by atoms with Crippen LogP contribution in [0.3, 0.4) is 0 Å². The quantitative estimate of drug-likeness (QED) is 0.717. The molecule has 2 aromatic carbocycles. The van der Waals surface area contributed by atoms with Gasteiger partial charge >= 0.3 is 0 Å². The Hall–Kier alpha value is -1.51. The standard InChI is InChI=1S/C21H27NO.ClH/c23-21-14-10-19(11-15-21)18-8-12-20(13-9-18)22-16-4-7-17-5-2-1-3-6-17;/h1-3,5-6,10-11,14-15,18,20,22-23H,4,7-9,12-13,16H2;1H/t18-,20+;. The molecule has 1 fully saturated rings. The molecule has 130 valence electrons. The molecule has 0 amide bonds. The van der Waals surface area contributed by atoms with Crippen molar-refractivity contribution in [2.75, 3.05) is 6.54 Å². The van der Waals surface area contributed by atoms with E-state index in [0.29, 0.717) is 17.7 Å². The number of benzene rings is 2. The molecule has 0 spiro atoms. The summed E-state index contributed by atoms with van der Waals surface area (Å²) in [5, 5.41) is 13.1. The summed E-state index contributed by atoms with van der Waals surface area (Å²) in [6.07, 6.45) is 7.40. The third-order valence-electron chi connectivity index (χ3n) is 5.01. The van der Waals surface area contributed by atoms with Crippen LogP contribution in [0.1, 0.15) is 49.1 Å². The summed E-state index contributed by atoms with van der Waals surface area (Å²) in [5.41, 5.74) is 2.82. The first-order valence-electron chi connectivity index (χ1n) is 8.87. The first kappa shape index (κ1) is 18.8. The molecule has 0 unspecified atom stereocenters. The number of phenols is 1. The zero-order valence-electron chi connectivity index (χ0n) is 14.2. The van der Waals surface area contributed by atoms with Crippen molar-refractivity contribution in [2.45, 2.75) is 50.5 Å². The molecule has 0 aliphatic heterocycles. The van der Waals surface area contributed by atoms with E-state index in [-0.39, 0.29) is 12.4 Å². The van der Waals surface area contributed by atoms with Crippen molar-refractivity contribution in [3.63, 3.8) is 0 Å².